The Balaban J connectivity index is 5.10. The maximum Gasteiger partial charge on any atom is 0.326 e. The van der Waals surface area contributed by atoms with Crippen LogP contribution < -0.4 is 22.1 Å². The highest BCUT2D eigenvalue weighted by Crippen LogP contribution is 2.07. The molecule has 0 aliphatic rings. The van der Waals surface area contributed by atoms with Crippen molar-refractivity contribution in [2.24, 2.45) is 17.4 Å². The van der Waals surface area contributed by atoms with Gasteiger partial charge in [0.1, 0.15) is 18.1 Å². The first-order valence-corrected chi connectivity index (χ1v) is 8.01. The van der Waals surface area contributed by atoms with E-state index in [0.29, 0.717) is 0 Å². The van der Waals surface area contributed by atoms with E-state index in [-0.39, 0.29) is 25.2 Å². The van der Waals surface area contributed by atoms with Gasteiger partial charge in [-0.15, -0.1) is 0 Å². The van der Waals surface area contributed by atoms with Crippen LogP contribution in [0, 0.1) is 5.92 Å². The topological polar surface area (TPSA) is 185 Å². The molecule has 0 aromatic carbocycles. The molecule has 0 fully saturated rings. The number of amides is 3. The van der Waals surface area contributed by atoms with Crippen LogP contribution in [0.3, 0.4) is 0 Å². The Morgan fingerprint density at radius 3 is 1.92 bits per heavy atom. The molecule has 0 unspecified atom stereocenters. The molecule has 8 N–H and O–H groups in total. The Kier molecular flexibility index (Phi) is 9.69. The predicted molar refractivity (Wildman–Crippen MR) is 89.0 cm³/mol. The van der Waals surface area contributed by atoms with E-state index in [9.17, 15) is 29.4 Å². The maximum atomic E-state index is 12.3. The zero-order chi connectivity index (χ0) is 19.7. The van der Waals surface area contributed by atoms with E-state index >= 15 is 0 Å². The van der Waals surface area contributed by atoms with Gasteiger partial charge in [0, 0.05) is 6.42 Å². The van der Waals surface area contributed by atoms with E-state index in [2.05, 4.69) is 10.6 Å². The van der Waals surface area contributed by atoms with Crippen molar-refractivity contribution in [3.8, 4) is 0 Å². The van der Waals surface area contributed by atoms with Crippen LogP contribution in [0.1, 0.15) is 40.0 Å². The summed E-state index contributed by atoms with van der Waals surface area (Å²) < 4.78 is 0. The lowest BCUT2D eigenvalue weighted by Gasteiger charge is -2.24. The van der Waals surface area contributed by atoms with E-state index in [0.717, 1.165) is 0 Å². The molecule has 0 saturated heterocycles. The molecule has 0 radical (unpaired) electrons. The molecule has 0 bridgehead atoms. The van der Waals surface area contributed by atoms with Gasteiger partial charge in [0.25, 0.3) is 0 Å². The molecule has 0 aliphatic heterocycles. The van der Waals surface area contributed by atoms with Gasteiger partial charge in [-0.25, -0.2) is 4.79 Å². The number of carbonyl (C=O) groups is 4. The highest BCUT2D eigenvalue weighted by molar-refractivity contribution is 5.92. The van der Waals surface area contributed by atoms with Crippen molar-refractivity contribution in [1.29, 1.82) is 0 Å². The molecule has 0 heterocycles. The van der Waals surface area contributed by atoms with Gasteiger partial charge < -0.3 is 32.3 Å². The van der Waals surface area contributed by atoms with Crippen molar-refractivity contribution in [3.05, 3.63) is 0 Å². The average Bonchev–Trinajstić information content (AvgIpc) is 2.48. The predicted octanol–water partition coefficient (Wildman–Crippen LogP) is -1.94. The summed E-state index contributed by atoms with van der Waals surface area (Å²) in [5.41, 5.74) is 10.6. The number of aliphatic carboxylic acids is 1. The van der Waals surface area contributed by atoms with Crippen LogP contribution >= 0.6 is 0 Å². The fourth-order valence-electron chi connectivity index (χ4n) is 2.01. The van der Waals surface area contributed by atoms with E-state index in [4.69, 9.17) is 11.5 Å². The van der Waals surface area contributed by atoms with E-state index in [1.54, 1.807) is 13.8 Å². The SMILES string of the molecule is CC(C)C[C@H](NC(=O)[C@H](CCC(N)=O)NC(=O)[C@@H](N)[C@@H](C)O)C(=O)O. The first-order chi connectivity index (χ1) is 11.5. The average molecular weight is 360 g/mol. The van der Waals surface area contributed by atoms with Crippen molar-refractivity contribution < 1.29 is 29.4 Å². The van der Waals surface area contributed by atoms with Gasteiger partial charge in [-0.3, -0.25) is 14.4 Å². The molecule has 10 heteroatoms. The molecular formula is C15H28N4O6. The van der Waals surface area contributed by atoms with Crippen LogP contribution in [0.5, 0.6) is 0 Å². The van der Waals surface area contributed by atoms with Crippen LogP contribution in [-0.2, 0) is 19.2 Å². The largest absolute Gasteiger partial charge is 0.480 e. The number of aliphatic hydroxyl groups excluding tert-OH is 1. The molecule has 0 spiro atoms. The van der Waals surface area contributed by atoms with Gasteiger partial charge >= 0.3 is 5.97 Å². The van der Waals surface area contributed by atoms with E-state index in [1.165, 1.54) is 6.92 Å². The number of carbonyl (C=O) groups excluding carboxylic acids is 3. The van der Waals surface area contributed by atoms with Crippen LogP contribution in [0.15, 0.2) is 0 Å². The second kappa shape index (κ2) is 10.6. The van der Waals surface area contributed by atoms with E-state index < -0.39 is 47.9 Å². The minimum atomic E-state index is -1.27. The lowest BCUT2D eigenvalue weighted by Crippen LogP contribution is -2.56. The van der Waals surface area contributed by atoms with Crippen molar-refractivity contribution in [3.63, 3.8) is 0 Å². The summed E-state index contributed by atoms with van der Waals surface area (Å²) in [7, 11) is 0. The fraction of sp³-hybridized carbons (Fsp3) is 0.733. The lowest BCUT2D eigenvalue weighted by molar-refractivity contribution is -0.143. The normalized spacial score (nSPS) is 15.8. The quantitative estimate of drug-likeness (QED) is 0.247. The summed E-state index contributed by atoms with van der Waals surface area (Å²) >= 11 is 0. The van der Waals surface area contributed by atoms with Crippen molar-refractivity contribution in [2.75, 3.05) is 0 Å². The number of carboxylic acids is 1. The molecule has 3 amide bonds. The molecule has 144 valence electrons. The second-order valence-corrected chi connectivity index (χ2v) is 6.36. The van der Waals surface area contributed by atoms with Gasteiger partial charge in [-0.1, -0.05) is 13.8 Å². The Hall–Kier alpha value is -2.20. The third-order valence-electron chi connectivity index (χ3n) is 3.46. The summed E-state index contributed by atoms with van der Waals surface area (Å²) in [5.74, 6) is -3.42. The van der Waals surface area contributed by atoms with Gasteiger partial charge in [0.15, 0.2) is 0 Å². The van der Waals surface area contributed by atoms with Gasteiger partial charge in [0.05, 0.1) is 6.10 Å². The summed E-state index contributed by atoms with van der Waals surface area (Å²) in [6.07, 6.45) is -1.25. The first kappa shape index (κ1) is 22.8. The summed E-state index contributed by atoms with van der Waals surface area (Å²) in [6.45, 7) is 4.91. The molecular weight excluding hydrogens is 332 g/mol. The van der Waals surface area contributed by atoms with Gasteiger partial charge in [0.2, 0.25) is 17.7 Å². The number of nitrogens with two attached hydrogens (primary N) is 2. The van der Waals surface area contributed by atoms with Crippen molar-refractivity contribution in [2.45, 2.75) is 64.3 Å². The minimum Gasteiger partial charge on any atom is -0.480 e. The molecule has 10 nitrogen and oxygen atoms in total. The first-order valence-electron chi connectivity index (χ1n) is 8.01. The molecule has 4 atom stereocenters. The third-order valence-corrected chi connectivity index (χ3v) is 3.46. The van der Waals surface area contributed by atoms with Crippen LogP contribution in [0.4, 0.5) is 0 Å². The molecule has 0 saturated carbocycles. The standard InChI is InChI=1S/C15H28N4O6/c1-7(2)6-10(15(24)25)19-13(22)9(4-5-11(16)21)18-14(23)12(17)8(3)20/h7-10,12,20H,4-6,17H2,1-3H3,(H2,16,21)(H,18,23)(H,19,22)(H,24,25)/t8-,9+,10+,12+/m1/s1. The summed E-state index contributed by atoms with van der Waals surface area (Å²) in [6, 6.07) is -3.60. The number of carboxylic acid groups (broad SMARTS) is 1. The maximum absolute atomic E-state index is 12.3. The molecule has 25 heavy (non-hydrogen) atoms. The van der Waals surface area contributed by atoms with Crippen LogP contribution in [-0.4, -0.2) is 58.1 Å². The molecule has 0 aromatic heterocycles. The van der Waals surface area contributed by atoms with E-state index in [1.807, 2.05) is 0 Å². The Bertz CT molecular complexity index is 494. The summed E-state index contributed by atoms with van der Waals surface area (Å²) in [5, 5.41) is 23.2. The second-order valence-electron chi connectivity index (χ2n) is 6.36. The van der Waals surface area contributed by atoms with Crippen LogP contribution in [0.25, 0.3) is 0 Å². The lowest BCUT2D eigenvalue weighted by atomic mass is 10.0. The van der Waals surface area contributed by atoms with Crippen LogP contribution in [0.2, 0.25) is 0 Å². The minimum absolute atomic E-state index is 0.0173. The number of aliphatic hydroxyl groups is 1. The van der Waals surface area contributed by atoms with Crippen molar-refractivity contribution in [1.82, 2.24) is 10.6 Å². The van der Waals surface area contributed by atoms with Gasteiger partial charge in [-0.2, -0.15) is 0 Å². The highest BCUT2D eigenvalue weighted by atomic mass is 16.4. The Morgan fingerprint density at radius 2 is 1.52 bits per heavy atom. The monoisotopic (exact) mass is 360 g/mol. The summed E-state index contributed by atoms with van der Waals surface area (Å²) in [4.78, 5) is 46.5. The molecule has 0 aliphatic carbocycles. The zero-order valence-corrected chi connectivity index (χ0v) is 14.7. The Labute approximate surface area is 146 Å². The number of nitrogens with one attached hydrogen (secondary N) is 2. The molecule has 0 rings (SSSR count). The smallest absolute Gasteiger partial charge is 0.326 e. The highest BCUT2D eigenvalue weighted by Gasteiger charge is 2.29. The number of primary amides is 1. The van der Waals surface area contributed by atoms with Crippen molar-refractivity contribution >= 4 is 23.7 Å². The fourth-order valence-corrected chi connectivity index (χ4v) is 2.01. The number of hydrogen-bond donors (Lipinski definition) is 6. The number of rotatable bonds is 11. The van der Waals surface area contributed by atoms with Gasteiger partial charge in [-0.05, 0) is 25.7 Å². The third kappa shape index (κ3) is 9.01. The Morgan fingerprint density at radius 1 is 1.00 bits per heavy atom. The zero-order valence-electron chi connectivity index (χ0n) is 14.7. The molecule has 0 aromatic rings. The number of hydrogen-bond acceptors (Lipinski definition) is 6.